The first-order valence-electron chi connectivity index (χ1n) is 14.1. The number of carbonyl (C=O) groups is 2. The zero-order valence-electron chi connectivity index (χ0n) is 23.6. The summed E-state index contributed by atoms with van der Waals surface area (Å²) in [5.74, 6) is -1.33. The van der Waals surface area contributed by atoms with Gasteiger partial charge >= 0.3 is 0 Å². The van der Waals surface area contributed by atoms with E-state index >= 15 is 4.39 Å². The quantitative estimate of drug-likeness (QED) is 0.258. The number of aryl methyl sites for hydroxylation is 1. The Hall–Kier alpha value is -3.46. The number of nitrogens with zero attached hydrogens (tertiary/aromatic N) is 3. The van der Waals surface area contributed by atoms with Gasteiger partial charge in [0.15, 0.2) is 0 Å². The van der Waals surface area contributed by atoms with Crippen molar-refractivity contribution in [3.63, 3.8) is 0 Å². The summed E-state index contributed by atoms with van der Waals surface area (Å²) in [6.45, 7) is 7.40. The van der Waals surface area contributed by atoms with E-state index in [9.17, 15) is 9.59 Å². The maximum Gasteiger partial charge on any atom is 0.248 e. The standard InChI is InChI=1S/C32H32Cl2FN5O2/c1-17(2)16-40-25-12-13-39-24-11-10-18(29(36)41)14-23(24)38-30(39)26(25)27(21-8-5-9-22(34)28(21)35)32(40,3)31(42)37-20-7-4-6-19(33)15-20/h4-11,14-15,17,25-27H,12-13,16H2,1-3H3,(H2,36,41)(H,37,42)/t25-,26+,27-,32+/m0/s1. The Balaban J connectivity index is 1.58. The molecule has 1 saturated heterocycles. The number of nitrogens with two attached hydrogens (primary N) is 1. The predicted octanol–water partition coefficient (Wildman–Crippen LogP) is 6.59. The second kappa shape index (κ2) is 10.7. The van der Waals surface area contributed by atoms with Gasteiger partial charge in [0.25, 0.3) is 0 Å². The van der Waals surface area contributed by atoms with E-state index in [4.69, 9.17) is 33.9 Å². The van der Waals surface area contributed by atoms with E-state index in [0.29, 0.717) is 40.4 Å². The molecule has 1 aromatic heterocycles. The van der Waals surface area contributed by atoms with Crippen molar-refractivity contribution in [1.29, 1.82) is 0 Å². The van der Waals surface area contributed by atoms with Crippen molar-refractivity contribution >= 4 is 51.7 Å². The van der Waals surface area contributed by atoms with Gasteiger partial charge in [-0.05, 0) is 67.3 Å². The molecule has 218 valence electrons. The lowest BCUT2D eigenvalue weighted by atomic mass is 9.73. The third-order valence-corrected chi connectivity index (χ3v) is 9.33. The summed E-state index contributed by atoms with van der Waals surface area (Å²) < 4.78 is 18.2. The normalized spacial score (nSPS) is 23.6. The van der Waals surface area contributed by atoms with Gasteiger partial charge in [0.05, 0.1) is 16.1 Å². The van der Waals surface area contributed by atoms with Crippen molar-refractivity contribution in [3.05, 3.63) is 93.5 Å². The summed E-state index contributed by atoms with van der Waals surface area (Å²) in [5, 5.41) is 3.58. The average Bonchev–Trinajstić information content (AvgIpc) is 3.43. The Bertz CT molecular complexity index is 1720. The largest absolute Gasteiger partial charge is 0.366 e. The van der Waals surface area contributed by atoms with E-state index in [0.717, 1.165) is 17.8 Å². The van der Waals surface area contributed by atoms with E-state index in [-0.39, 0.29) is 28.8 Å². The summed E-state index contributed by atoms with van der Waals surface area (Å²) in [4.78, 5) is 33.7. The highest BCUT2D eigenvalue weighted by Crippen LogP contribution is 2.57. The number of fused-ring (bicyclic) bond motifs is 5. The average molecular weight is 609 g/mol. The van der Waals surface area contributed by atoms with Crippen LogP contribution in [0.5, 0.6) is 0 Å². The molecule has 3 aromatic carbocycles. The van der Waals surface area contributed by atoms with Crippen molar-refractivity contribution in [1.82, 2.24) is 14.5 Å². The van der Waals surface area contributed by atoms with Gasteiger partial charge in [-0.25, -0.2) is 9.37 Å². The maximum absolute atomic E-state index is 16.0. The maximum atomic E-state index is 16.0. The van der Waals surface area contributed by atoms with Crippen molar-refractivity contribution < 1.29 is 14.0 Å². The molecule has 42 heavy (non-hydrogen) atoms. The van der Waals surface area contributed by atoms with E-state index in [1.807, 2.05) is 13.0 Å². The second-order valence-electron chi connectivity index (χ2n) is 11.9. The lowest BCUT2D eigenvalue weighted by Crippen LogP contribution is -2.56. The van der Waals surface area contributed by atoms with Crippen molar-refractivity contribution in [2.75, 3.05) is 11.9 Å². The number of hydrogen-bond acceptors (Lipinski definition) is 4. The number of rotatable bonds is 6. The summed E-state index contributed by atoms with van der Waals surface area (Å²) in [7, 11) is 0. The van der Waals surface area contributed by atoms with Crippen LogP contribution in [-0.2, 0) is 11.3 Å². The smallest absolute Gasteiger partial charge is 0.248 e. The Morgan fingerprint density at radius 1 is 1.14 bits per heavy atom. The van der Waals surface area contributed by atoms with Crippen molar-refractivity contribution in [3.8, 4) is 0 Å². The van der Waals surface area contributed by atoms with E-state index in [1.165, 1.54) is 6.07 Å². The van der Waals surface area contributed by atoms with Crippen LogP contribution < -0.4 is 11.1 Å². The van der Waals surface area contributed by atoms with Crippen LogP contribution in [0, 0.1) is 11.7 Å². The fourth-order valence-electron chi connectivity index (χ4n) is 7.07. The zero-order valence-corrected chi connectivity index (χ0v) is 25.1. The molecule has 4 aromatic rings. The molecule has 0 bridgehead atoms. The van der Waals surface area contributed by atoms with Gasteiger partial charge in [0.2, 0.25) is 11.8 Å². The Kier molecular flexibility index (Phi) is 7.28. The van der Waals surface area contributed by atoms with Gasteiger partial charge in [0, 0.05) is 47.2 Å². The highest BCUT2D eigenvalue weighted by molar-refractivity contribution is 6.31. The highest BCUT2D eigenvalue weighted by Gasteiger charge is 2.63. The van der Waals surface area contributed by atoms with Crippen LogP contribution in [0.2, 0.25) is 10.0 Å². The van der Waals surface area contributed by atoms with E-state index in [1.54, 1.807) is 48.5 Å². The number of hydrogen-bond donors (Lipinski definition) is 2. The fraction of sp³-hybridized carbons (Fsp3) is 0.344. The number of imidazole rings is 1. The number of anilines is 1. The fourth-order valence-corrected chi connectivity index (χ4v) is 7.44. The minimum absolute atomic E-state index is 0.000582. The Morgan fingerprint density at radius 2 is 1.90 bits per heavy atom. The SMILES string of the molecule is CC(C)CN1[C@H]2CCn3c(nc4cc(C(N)=O)ccc43)[C@H]2[C@H](c2cccc(Cl)c2F)[C@]1(C)C(=O)Nc1cccc(Cl)c1. The number of benzene rings is 3. The number of aromatic nitrogens is 2. The minimum Gasteiger partial charge on any atom is -0.366 e. The van der Waals surface area contributed by atoms with Gasteiger partial charge in [-0.3, -0.25) is 14.5 Å². The molecule has 0 spiro atoms. The second-order valence-corrected chi connectivity index (χ2v) is 12.7. The molecule has 2 amide bonds. The molecule has 4 atom stereocenters. The van der Waals surface area contributed by atoms with Gasteiger partial charge in [-0.2, -0.15) is 0 Å². The van der Waals surface area contributed by atoms with Gasteiger partial charge in [0.1, 0.15) is 17.2 Å². The molecule has 7 nitrogen and oxygen atoms in total. The monoisotopic (exact) mass is 607 g/mol. The van der Waals surface area contributed by atoms with Gasteiger partial charge in [-0.15, -0.1) is 0 Å². The molecule has 10 heteroatoms. The lowest BCUT2D eigenvalue weighted by Gasteiger charge is -2.41. The van der Waals surface area contributed by atoms with Crippen molar-refractivity contribution in [2.45, 2.75) is 57.2 Å². The molecular formula is C32H32Cl2FN5O2. The molecule has 2 aliphatic rings. The molecule has 0 aliphatic carbocycles. The molecule has 0 saturated carbocycles. The van der Waals surface area contributed by atoms with Crippen LogP contribution in [0.1, 0.15) is 60.8 Å². The first-order chi connectivity index (χ1) is 20.0. The van der Waals surface area contributed by atoms with Gasteiger partial charge in [-0.1, -0.05) is 55.2 Å². The van der Waals surface area contributed by atoms with Crippen LogP contribution >= 0.6 is 23.2 Å². The van der Waals surface area contributed by atoms with Crippen LogP contribution in [0.3, 0.4) is 0 Å². The third-order valence-electron chi connectivity index (χ3n) is 8.81. The zero-order chi connectivity index (χ0) is 29.9. The number of likely N-dealkylation sites (tertiary alicyclic amines) is 1. The summed E-state index contributed by atoms with van der Waals surface area (Å²) in [6, 6.07) is 17.1. The number of halogens is 3. The Morgan fingerprint density at radius 3 is 2.62 bits per heavy atom. The van der Waals surface area contributed by atoms with Crippen LogP contribution in [-0.4, -0.2) is 44.4 Å². The summed E-state index contributed by atoms with van der Waals surface area (Å²) in [5.41, 5.74) is 7.18. The van der Waals surface area contributed by atoms with E-state index < -0.39 is 23.2 Å². The predicted molar refractivity (Wildman–Crippen MR) is 164 cm³/mol. The molecule has 0 unspecified atom stereocenters. The van der Waals surface area contributed by atoms with Crippen LogP contribution in [0.15, 0.2) is 60.7 Å². The molecule has 1 fully saturated rings. The molecule has 2 aliphatic heterocycles. The number of amides is 2. The van der Waals surface area contributed by atoms with Gasteiger partial charge < -0.3 is 15.6 Å². The minimum atomic E-state index is -1.18. The number of nitrogens with one attached hydrogen (secondary N) is 1. The molecule has 3 N–H and O–H groups in total. The first-order valence-corrected chi connectivity index (χ1v) is 14.8. The summed E-state index contributed by atoms with van der Waals surface area (Å²) >= 11 is 12.6. The molecule has 0 radical (unpaired) electrons. The van der Waals surface area contributed by atoms with Crippen LogP contribution in [0.25, 0.3) is 11.0 Å². The molecule has 6 rings (SSSR count). The van der Waals surface area contributed by atoms with Crippen LogP contribution in [0.4, 0.5) is 10.1 Å². The number of primary amides is 1. The molecular weight excluding hydrogens is 576 g/mol. The highest BCUT2D eigenvalue weighted by atomic mass is 35.5. The van der Waals surface area contributed by atoms with Crippen molar-refractivity contribution in [2.24, 2.45) is 11.7 Å². The number of carbonyl (C=O) groups excluding carboxylic acids is 2. The first kappa shape index (κ1) is 28.6. The van der Waals surface area contributed by atoms with E-state index in [2.05, 4.69) is 28.6 Å². The Labute approximate surface area is 253 Å². The third kappa shape index (κ3) is 4.57. The topological polar surface area (TPSA) is 93.2 Å². The lowest BCUT2D eigenvalue weighted by molar-refractivity contribution is -0.127. The summed E-state index contributed by atoms with van der Waals surface area (Å²) in [6.07, 6.45) is 0.728. The molecule has 3 heterocycles.